The summed E-state index contributed by atoms with van der Waals surface area (Å²) in [5, 5.41) is 2.83. The molecule has 1 amide bonds. The first-order valence-electron chi connectivity index (χ1n) is 11.2. The smallest absolute Gasteiger partial charge is 0.309 e. The summed E-state index contributed by atoms with van der Waals surface area (Å²) in [6.07, 6.45) is 5.22. The van der Waals surface area contributed by atoms with Crippen molar-refractivity contribution in [3.63, 3.8) is 0 Å². The second kappa shape index (κ2) is 6.33. The van der Waals surface area contributed by atoms with Crippen molar-refractivity contribution in [2.24, 2.45) is 34.1 Å². The van der Waals surface area contributed by atoms with Crippen LogP contribution in [0.3, 0.4) is 0 Å². The Labute approximate surface area is 179 Å². The highest BCUT2D eigenvalue weighted by Crippen LogP contribution is 2.65. The summed E-state index contributed by atoms with van der Waals surface area (Å²) in [7, 11) is 0. The predicted molar refractivity (Wildman–Crippen MR) is 111 cm³/mol. The fraction of sp³-hybridized carbons (Fsp3) is 0.520. The molecule has 0 aromatic heterocycles. The van der Waals surface area contributed by atoms with Crippen molar-refractivity contribution in [3.05, 3.63) is 58.3 Å². The second-order valence-corrected chi connectivity index (χ2v) is 10.3. The first kappa shape index (κ1) is 19.3. The summed E-state index contributed by atoms with van der Waals surface area (Å²) in [6, 6.07) is 4.87. The number of allylic oxidation sites excluding steroid dienone is 2. The van der Waals surface area contributed by atoms with Crippen LogP contribution in [0.25, 0.3) is 0 Å². The molecule has 4 bridgehead atoms. The monoisotopic (exact) mass is 426 g/mol. The Hall–Kier alpha value is -2.37. The summed E-state index contributed by atoms with van der Waals surface area (Å²) >= 11 is 0. The van der Waals surface area contributed by atoms with Gasteiger partial charge in [0.15, 0.2) is 0 Å². The molecule has 1 N–H and O–H groups in total. The molecule has 1 atom stereocenters. The first-order chi connectivity index (χ1) is 14.7. The molecule has 1 aromatic carbocycles. The van der Waals surface area contributed by atoms with Crippen LogP contribution in [-0.4, -0.2) is 11.7 Å². The Kier molecular flexibility index (Phi) is 3.95. The van der Waals surface area contributed by atoms with Crippen molar-refractivity contribution < 1.29 is 18.0 Å². The third-order valence-corrected chi connectivity index (χ3v) is 8.17. The fourth-order valence-electron chi connectivity index (χ4n) is 7.50. The molecule has 1 aliphatic heterocycles. The molecular formula is C25H25F3N2O. The van der Waals surface area contributed by atoms with E-state index in [0.29, 0.717) is 11.4 Å². The van der Waals surface area contributed by atoms with E-state index in [0.717, 1.165) is 41.2 Å². The van der Waals surface area contributed by atoms with Crippen LogP contribution in [0, 0.1) is 29.1 Å². The molecule has 4 fully saturated rings. The Morgan fingerprint density at radius 1 is 1.00 bits per heavy atom. The highest BCUT2D eigenvalue weighted by Gasteiger charge is 2.55. The largest absolute Gasteiger partial charge is 0.416 e. The number of nitrogens with zero attached hydrogens (tertiary/aromatic N) is 1. The maximum Gasteiger partial charge on any atom is 0.416 e. The van der Waals surface area contributed by atoms with Crippen molar-refractivity contribution in [2.75, 3.05) is 0 Å². The third kappa shape index (κ3) is 2.94. The van der Waals surface area contributed by atoms with Crippen LogP contribution in [0.1, 0.15) is 56.6 Å². The van der Waals surface area contributed by atoms with Gasteiger partial charge in [-0.3, -0.25) is 4.79 Å². The number of aliphatic imine (C=N–C) groups is 1. The Balaban J connectivity index is 1.43. The van der Waals surface area contributed by atoms with Gasteiger partial charge in [0, 0.05) is 5.56 Å². The molecular weight excluding hydrogens is 401 g/mol. The maximum atomic E-state index is 13.0. The van der Waals surface area contributed by atoms with E-state index in [1.807, 2.05) is 6.08 Å². The van der Waals surface area contributed by atoms with Gasteiger partial charge in [0.25, 0.3) is 0 Å². The van der Waals surface area contributed by atoms with Crippen molar-refractivity contribution in [1.29, 1.82) is 0 Å². The van der Waals surface area contributed by atoms with Crippen LogP contribution in [0.4, 0.5) is 13.2 Å². The predicted octanol–water partition coefficient (Wildman–Crippen LogP) is 5.63. The number of nitrogens with one attached hydrogen (secondary N) is 1. The van der Waals surface area contributed by atoms with E-state index >= 15 is 0 Å². The lowest BCUT2D eigenvalue weighted by atomic mass is 9.47. The van der Waals surface area contributed by atoms with Crippen LogP contribution < -0.4 is 5.32 Å². The number of amidine groups is 1. The zero-order valence-corrected chi connectivity index (χ0v) is 17.4. The highest BCUT2D eigenvalue weighted by molar-refractivity contribution is 6.12. The number of rotatable bonds is 2. The quantitative estimate of drug-likeness (QED) is 0.654. The number of hydrogen-bond donors (Lipinski definition) is 1. The molecule has 1 heterocycles. The Morgan fingerprint density at radius 2 is 1.58 bits per heavy atom. The van der Waals surface area contributed by atoms with Crippen LogP contribution in [0.5, 0.6) is 0 Å². The van der Waals surface area contributed by atoms with Gasteiger partial charge in [-0.1, -0.05) is 18.2 Å². The van der Waals surface area contributed by atoms with Gasteiger partial charge in [-0.2, -0.15) is 13.2 Å². The highest BCUT2D eigenvalue weighted by atomic mass is 19.4. The molecule has 7 rings (SSSR count). The molecule has 5 aliphatic carbocycles. The zero-order valence-electron chi connectivity index (χ0n) is 17.4. The molecule has 4 saturated carbocycles. The summed E-state index contributed by atoms with van der Waals surface area (Å²) in [5.74, 6) is 2.17. The lowest BCUT2D eigenvalue weighted by Gasteiger charge is -2.58. The number of alkyl halides is 3. The SMILES string of the molecule is CC1=CC2C(=O)NC(c3ccc(C(F)(F)F)cc3)=NC2=C1C12CC3CC(CC(C3)C1)C2. The average molecular weight is 426 g/mol. The topological polar surface area (TPSA) is 41.5 Å². The van der Waals surface area contributed by atoms with Crippen LogP contribution >= 0.6 is 0 Å². The molecule has 0 spiro atoms. The van der Waals surface area contributed by atoms with E-state index in [-0.39, 0.29) is 17.2 Å². The molecule has 0 radical (unpaired) electrons. The standard InChI is InChI=1S/C25H25F3N2O/c1-13-6-19-21(20(13)24-10-14-7-15(11-24)9-16(8-14)12-24)29-22(30-23(19)31)17-2-4-18(5-3-17)25(26,27)28/h2-6,14-16,19H,7-12H2,1H3,(H,29,30,31). The number of hydrogen-bond acceptors (Lipinski definition) is 2. The molecule has 0 saturated heterocycles. The minimum absolute atomic E-state index is 0.117. The number of benzene rings is 1. The van der Waals surface area contributed by atoms with Gasteiger partial charge < -0.3 is 5.32 Å². The number of halogens is 3. The number of carbonyl (C=O) groups is 1. The van der Waals surface area contributed by atoms with Gasteiger partial charge in [-0.25, -0.2) is 4.99 Å². The van der Waals surface area contributed by atoms with E-state index in [1.165, 1.54) is 56.2 Å². The van der Waals surface area contributed by atoms with E-state index in [4.69, 9.17) is 4.99 Å². The number of carbonyl (C=O) groups excluding carboxylic acids is 1. The normalized spacial score (nSPS) is 36.3. The maximum absolute atomic E-state index is 13.0. The van der Waals surface area contributed by atoms with E-state index < -0.39 is 11.7 Å². The van der Waals surface area contributed by atoms with Gasteiger partial charge >= 0.3 is 6.18 Å². The fourth-order valence-corrected chi connectivity index (χ4v) is 7.50. The molecule has 6 heteroatoms. The van der Waals surface area contributed by atoms with Crippen molar-refractivity contribution in [3.8, 4) is 0 Å². The third-order valence-electron chi connectivity index (χ3n) is 8.17. The lowest BCUT2D eigenvalue weighted by Crippen LogP contribution is -2.47. The first-order valence-corrected chi connectivity index (χ1v) is 11.2. The van der Waals surface area contributed by atoms with Crippen molar-refractivity contribution in [2.45, 2.75) is 51.6 Å². The van der Waals surface area contributed by atoms with E-state index in [1.54, 1.807) is 0 Å². The minimum Gasteiger partial charge on any atom is -0.309 e. The second-order valence-electron chi connectivity index (χ2n) is 10.3. The summed E-state index contributed by atoms with van der Waals surface area (Å²) in [5.41, 5.74) is 3.17. The number of amides is 1. The molecule has 162 valence electrons. The van der Waals surface area contributed by atoms with Crippen LogP contribution in [0.15, 0.2) is 52.2 Å². The van der Waals surface area contributed by atoms with E-state index in [9.17, 15) is 18.0 Å². The molecule has 3 nitrogen and oxygen atoms in total. The van der Waals surface area contributed by atoms with Gasteiger partial charge in [0.05, 0.1) is 17.2 Å². The average Bonchev–Trinajstić information content (AvgIpc) is 3.03. The van der Waals surface area contributed by atoms with E-state index in [2.05, 4.69) is 12.2 Å². The molecule has 1 aromatic rings. The number of fused-ring (bicyclic) bond motifs is 1. The van der Waals surface area contributed by atoms with Crippen LogP contribution in [0.2, 0.25) is 0 Å². The minimum atomic E-state index is -4.39. The zero-order chi connectivity index (χ0) is 21.5. The van der Waals surface area contributed by atoms with Gasteiger partial charge in [0.1, 0.15) is 5.84 Å². The van der Waals surface area contributed by atoms with Gasteiger partial charge in [-0.05, 0) is 91.9 Å². The molecule has 6 aliphatic rings. The van der Waals surface area contributed by atoms with Crippen LogP contribution in [-0.2, 0) is 11.0 Å². The van der Waals surface area contributed by atoms with Gasteiger partial charge in [0.2, 0.25) is 5.91 Å². The lowest BCUT2D eigenvalue weighted by molar-refractivity contribution is -0.137. The molecule has 31 heavy (non-hydrogen) atoms. The summed E-state index contributed by atoms with van der Waals surface area (Å²) < 4.78 is 38.8. The Morgan fingerprint density at radius 3 is 2.13 bits per heavy atom. The van der Waals surface area contributed by atoms with Crippen molar-refractivity contribution in [1.82, 2.24) is 5.32 Å². The summed E-state index contributed by atoms with van der Waals surface area (Å²) in [6.45, 7) is 2.10. The Bertz CT molecular complexity index is 1030. The van der Waals surface area contributed by atoms with Gasteiger partial charge in [-0.15, -0.1) is 0 Å². The summed E-state index contributed by atoms with van der Waals surface area (Å²) in [4.78, 5) is 17.8. The van der Waals surface area contributed by atoms with Crippen molar-refractivity contribution >= 4 is 11.7 Å². The molecule has 1 unspecified atom stereocenters.